The molecule has 17 heavy (non-hydrogen) atoms. The molecule has 1 aliphatic rings. The van der Waals surface area contributed by atoms with Crippen molar-refractivity contribution >= 4 is 5.91 Å². The Hall–Kier alpha value is -0.610. The number of hydrogen-bond acceptors (Lipinski definition) is 3. The van der Waals surface area contributed by atoms with Gasteiger partial charge in [0, 0.05) is 32.2 Å². The fraction of sp³-hybridized carbons (Fsp3) is 0.923. The molecule has 0 aromatic carbocycles. The van der Waals surface area contributed by atoms with E-state index >= 15 is 0 Å². The van der Waals surface area contributed by atoms with Crippen LogP contribution in [-0.2, 0) is 9.53 Å². The predicted molar refractivity (Wildman–Crippen MR) is 68.9 cm³/mol. The molecule has 0 unspecified atom stereocenters. The molecule has 0 aromatic rings. The maximum absolute atomic E-state index is 11.4. The highest BCUT2D eigenvalue weighted by atomic mass is 16.5. The minimum absolute atomic E-state index is 0.145. The number of amides is 1. The summed E-state index contributed by atoms with van der Waals surface area (Å²) >= 11 is 0. The summed E-state index contributed by atoms with van der Waals surface area (Å²) in [5, 5.41) is 6.30. The summed E-state index contributed by atoms with van der Waals surface area (Å²) in [7, 11) is 0. The van der Waals surface area contributed by atoms with Crippen molar-refractivity contribution < 1.29 is 9.53 Å². The number of carbonyl (C=O) groups excluding carboxylic acids is 1. The Morgan fingerprint density at radius 1 is 1.41 bits per heavy atom. The van der Waals surface area contributed by atoms with Crippen LogP contribution in [0.5, 0.6) is 0 Å². The average Bonchev–Trinajstić information content (AvgIpc) is 2.22. The summed E-state index contributed by atoms with van der Waals surface area (Å²) in [5.41, 5.74) is 0. The lowest BCUT2D eigenvalue weighted by molar-refractivity contribution is -0.121. The Morgan fingerprint density at radius 3 is 2.71 bits per heavy atom. The topological polar surface area (TPSA) is 50.4 Å². The SMILES string of the molecule is CCOC1CC(NCCC(=O)NCC(C)C)C1. The lowest BCUT2D eigenvalue weighted by Gasteiger charge is -2.35. The fourth-order valence-electron chi connectivity index (χ4n) is 1.90. The van der Waals surface area contributed by atoms with Crippen LogP contribution in [0, 0.1) is 5.92 Å². The number of hydrogen-bond donors (Lipinski definition) is 2. The van der Waals surface area contributed by atoms with Crippen LogP contribution in [0.4, 0.5) is 0 Å². The van der Waals surface area contributed by atoms with E-state index in [-0.39, 0.29) is 5.91 Å². The predicted octanol–water partition coefficient (Wildman–Crippen LogP) is 1.31. The molecule has 100 valence electrons. The Labute approximate surface area is 104 Å². The number of carbonyl (C=O) groups is 1. The van der Waals surface area contributed by atoms with Crippen LogP contribution < -0.4 is 10.6 Å². The minimum atomic E-state index is 0.145. The summed E-state index contributed by atoms with van der Waals surface area (Å²) in [6.45, 7) is 8.57. The van der Waals surface area contributed by atoms with E-state index in [2.05, 4.69) is 24.5 Å². The quantitative estimate of drug-likeness (QED) is 0.674. The summed E-state index contributed by atoms with van der Waals surface area (Å²) in [4.78, 5) is 11.4. The summed E-state index contributed by atoms with van der Waals surface area (Å²) in [6.07, 6.45) is 3.18. The first-order valence-corrected chi connectivity index (χ1v) is 6.73. The lowest BCUT2D eigenvalue weighted by Crippen LogP contribution is -2.46. The molecule has 0 heterocycles. The smallest absolute Gasteiger partial charge is 0.221 e. The van der Waals surface area contributed by atoms with Crippen molar-refractivity contribution in [2.45, 2.75) is 52.2 Å². The van der Waals surface area contributed by atoms with Crippen LogP contribution in [0.3, 0.4) is 0 Å². The van der Waals surface area contributed by atoms with E-state index in [1.807, 2.05) is 6.92 Å². The van der Waals surface area contributed by atoms with E-state index in [1.165, 1.54) is 0 Å². The summed E-state index contributed by atoms with van der Waals surface area (Å²) < 4.78 is 5.48. The van der Waals surface area contributed by atoms with Gasteiger partial charge in [0.1, 0.15) is 0 Å². The van der Waals surface area contributed by atoms with Crippen molar-refractivity contribution in [3.8, 4) is 0 Å². The van der Waals surface area contributed by atoms with Crippen molar-refractivity contribution in [2.24, 2.45) is 5.92 Å². The molecule has 1 saturated carbocycles. The maximum atomic E-state index is 11.4. The van der Waals surface area contributed by atoms with Crippen LogP contribution in [0.1, 0.15) is 40.0 Å². The maximum Gasteiger partial charge on any atom is 0.221 e. The molecule has 0 aliphatic heterocycles. The van der Waals surface area contributed by atoms with Gasteiger partial charge in [0.2, 0.25) is 5.91 Å². The monoisotopic (exact) mass is 242 g/mol. The highest BCUT2D eigenvalue weighted by Crippen LogP contribution is 2.22. The zero-order valence-corrected chi connectivity index (χ0v) is 11.3. The molecule has 1 amide bonds. The van der Waals surface area contributed by atoms with E-state index in [4.69, 9.17) is 4.74 Å². The summed E-state index contributed by atoms with van der Waals surface area (Å²) in [6, 6.07) is 0.546. The average molecular weight is 242 g/mol. The molecule has 0 bridgehead atoms. The van der Waals surface area contributed by atoms with Crippen molar-refractivity contribution in [1.82, 2.24) is 10.6 Å². The highest BCUT2D eigenvalue weighted by Gasteiger charge is 2.28. The molecule has 2 N–H and O–H groups in total. The molecule has 0 aromatic heterocycles. The van der Waals surface area contributed by atoms with Gasteiger partial charge >= 0.3 is 0 Å². The van der Waals surface area contributed by atoms with Crippen LogP contribution in [0.2, 0.25) is 0 Å². The Kier molecular flexibility index (Phi) is 6.52. The molecule has 1 aliphatic carbocycles. The Balaban J connectivity index is 1.93. The van der Waals surface area contributed by atoms with Gasteiger partial charge < -0.3 is 15.4 Å². The second kappa shape index (κ2) is 7.67. The molecular weight excluding hydrogens is 216 g/mol. The molecule has 0 spiro atoms. The third kappa shape index (κ3) is 6.03. The second-order valence-corrected chi connectivity index (χ2v) is 5.15. The first-order chi connectivity index (χ1) is 8.11. The van der Waals surface area contributed by atoms with E-state index < -0.39 is 0 Å². The van der Waals surface area contributed by atoms with Gasteiger partial charge in [-0.15, -0.1) is 0 Å². The second-order valence-electron chi connectivity index (χ2n) is 5.15. The Morgan fingerprint density at radius 2 is 2.12 bits per heavy atom. The van der Waals surface area contributed by atoms with Gasteiger partial charge in [0.25, 0.3) is 0 Å². The van der Waals surface area contributed by atoms with Gasteiger partial charge in [0.15, 0.2) is 0 Å². The van der Waals surface area contributed by atoms with Crippen LogP contribution in [0.25, 0.3) is 0 Å². The lowest BCUT2D eigenvalue weighted by atomic mass is 9.89. The molecule has 1 fully saturated rings. The van der Waals surface area contributed by atoms with Gasteiger partial charge in [-0.2, -0.15) is 0 Å². The van der Waals surface area contributed by atoms with Gasteiger partial charge in [-0.05, 0) is 25.7 Å². The largest absolute Gasteiger partial charge is 0.378 e. The fourth-order valence-corrected chi connectivity index (χ4v) is 1.90. The van der Waals surface area contributed by atoms with E-state index in [0.29, 0.717) is 24.5 Å². The number of rotatable bonds is 8. The molecule has 0 atom stereocenters. The number of ether oxygens (including phenoxy) is 1. The molecule has 0 saturated heterocycles. The third-order valence-electron chi connectivity index (χ3n) is 2.99. The first-order valence-electron chi connectivity index (χ1n) is 6.73. The van der Waals surface area contributed by atoms with Crippen molar-refractivity contribution in [3.05, 3.63) is 0 Å². The van der Waals surface area contributed by atoms with Crippen LogP contribution in [-0.4, -0.2) is 37.7 Å². The van der Waals surface area contributed by atoms with Crippen molar-refractivity contribution in [3.63, 3.8) is 0 Å². The van der Waals surface area contributed by atoms with E-state index in [9.17, 15) is 4.79 Å². The highest BCUT2D eigenvalue weighted by molar-refractivity contribution is 5.76. The van der Waals surface area contributed by atoms with Gasteiger partial charge in [-0.1, -0.05) is 13.8 Å². The first kappa shape index (κ1) is 14.5. The van der Waals surface area contributed by atoms with Crippen LogP contribution in [0.15, 0.2) is 0 Å². The van der Waals surface area contributed by atoms with E-state index in [1.54, 1.807) is 0 Å². The molecular formula is C13H26N2O2. The standard InChI is InChI=1S/C13H26N2O2/c1-4-17-12-7-11(8-12)14-6-5-13(16)15-9-10(2)3/h10-12,14H,4-9H2,1-3H3,(H,15,16). The molecule has 4 heteroatoms. The molecule has 1 rings (SSSR count). The van der Waals surface area contributed by atoms with Crippen LogP contribution >= 0.6 is 0 Å². The summed E-state index contributed by atoms with van der Waals surface area (Å²) in [5.74, 6) is 0.664. The zero-order chi connectivity index (χ0) is 12.7. The van der Waals surface area contributed by atoms with E-state index in [0.717, 1.165) is 32.5 Å². The van der Waals surface area contributed by atoms with Crippen molar-refractivity contribution in [1.29, 1.82) is 0 Å². The van der Waals surface area contributed by atoms with Gasteiger partial charge in [-0.25, -0.2) is 0 Å². The molecule has 4 nitrogen and oxygen atoms in total. The van der Waals surface area contributed by atoms with Gasteiger partial charge in [-0.3, -0.25) is 4.79 Å². The normalized spacial score (nSPS) is 23.5. The zero-order valence-electron chi connectivity index (χ0n) is 11.3. The van der Waals surface area contributed by atoms with Gasteiger partial charge in [0.05, 0.1) is 6.10 Å². The Bertz CT molecular complexity index is 225. The minimum Gasteiger partial charge on any atom is -0.378 e. The third-order valence-corrected chi connectivity index (χ3v) is 2.99. The van der Waals surface area contributed by atoms with Crippen molar-refractivity contribution in [2.75, 3.05) is 19.7 Å². The molecule has 0 radical (unpaired) electrons. The number of nitrogens with one attached hydrogen (secondary N) is 2.